The number of hydrogen-bond acceptors (Lipinski definition) is 2. The fourth-order valence-corrected chi connectivity index (χ4v) is 1.25. The Kier molecular flexibility index (Phi) is 2.88. The molecule has 3 nitrogen and oxygen atoms in total. The molecule has 0 amide bonds. The Morgan fingerprint density at radius 1 is 1.50 bits per heavy atom. The van der Waals surface area contributed by atoms with Crippen LogP contribution in [0, 0.1) is 18.3 Å². The van der Waals surface area contributed by atoms with E-state index in [0.29, 0.717) is 17.2 Å². The lowest BCUT2D eigenvalue weighted by Crippen LogP contribution is -2.23. The van der Waals surface area contributed by atoms with Crippen LogP contribution in [0.2, 0.25) is 0 Å². The Morgan fingerprint density at radius 2 is 2.07 bits per heavy atom. The molecule has 1 rings (SSSR count). The Morgan fingerprint density at radius 3 is 2.43 bits per heavy atom. The molecule has 0 fully saturated rings. The summed E-state index contributed by atoms with van der Waals surface area (Å²) in [6.45, 7) is 12.0. The van der Waals surface area contributed by atoms with Crippen LogP contribution in [0.15, 0.2) is 6.07 Å². The molecule has 1 aromatic rings. The molecule has 14 heavy (non-hydrogen) atoms. The van der Waals surface area contributed by atoms with Crippen LogP contribution in [0.3, 0.4) is 0 Å². The molecular formula is C11H21N3. The van der Waals surface area contributed by atoms with Gasteiger partial charge < -0.3 is 5.73 Å². The topological polar surface area (TPSA) is 43.8 Å². The van der Waals surface area contributed by atoms with E-state index < -0.39 is 0 Å². The van der Waals surface area contributed by atoms with Gasteiger partial charge in [0.25, 0.3) is 0 Å². The minimum Gasteiger partial charge on any atom is -0.382 e. The van der Waals surface area contributed by atoms with Crippen molar-refractivity contribution in [2.45, 2.75) is 41.2 Å². The molecule has 1 heterocycles. The molecular weight excluding hydrogens is 174 g/mol. The third kappa shape index (κ3) is 2.50. The molecule has 3 heteroatoms. The Bertz CT molecular complexity index is 307. The molecule has 2 N–H and O–H groups in total. The highest BCUT2D eigenvalue weighted by atomic mass is 15.3. The van der Waals surface area contributed by atoms with Crippen molar-refractivity contribution in [2.24, 2.45) is 11.3 Å². The van der Waals surface area contributed by atoms with Gasteiger partial charge in [-0.15, -0.1) is 0 Å². The van der Waals surface area contributed by atoms with Gasteiger partial charge in [-0.05, 0) is 18.3 Å². The molecule has 80 valence electrons. The monoisotopic (exact) mass is 195 g/mol. The number of aryl methyl sites for hydroxylation is 1. The average Bonchev–Trinajstić information content (AvgIpc) is 2.28. The van der Waals surface area contributed by atoms with Gasteiger partial charge in [-0.1, -0.05) is 27.7 Å². The highest BCUT2D eigenvalue weighted by Crippen LogP contribution is 2.26. The third-order valence-corrected chi connectivity index (χ3v) is 2.93. The first-order chi connectivity index (χ1) is 6.30. The predicted molar refractivity (Wildman–Crippen MR) is 60.0 cm³/mol. The summed E-state index contributed by atoms with van der Waals surface area (Å²) in [4.78, 5) is 0. The van der Waals surface area contributed by atoms with Gasteiger partial charge in [0.1, 0.15) is 5.82 Å². The molecule has 1 aromatic heterocycles. The molecule has 0 aliphatic carbocycles. The number of nitrogens with zero attached hydrogens (tertiary/aromatic N) is 2. The van der Waals surface area contributed by atoms with Crippen LogP contribution in [0.1, 0.15) is 33.4 Å². The Balaban J connectivity index is 2.74. The van der Waals surface area contributed by atoms with E-state index in [2.05, 4.69) is 32.8 Å². The quantitative estimate of drug-likeness (QED) is 0.787. The summed E-state index contributed by atoms with van der Waals surface area (Å²) in [5.41, 5.74) is 7.08. The SMILES string of the molecule is Cc1cc(N)nn1CC(C)C(C)(C)C. The van der Waals surface area contributed by atoms with Gasteiger partial charge in [0, 0.05) is 18.3 Å². The molecule has 0 aromatic carbocycles. The van der Waals surface area contributed by atoms with E-state index in [1.807, 2.05) is 17.7 Å². The molecule has 0 saturated carbocycles. The van der Waals surface area contributed by atoms with Crippen molar-refractivity contribution in [3.63, 3.8) is 0 Å². The summed E-state index contributed by atoms with van der Waals surface area (Å²) in [5.74, 6) is 1.20. The number of nitrogens with two attached hydrogens (primary N) is 1. The maximum absolute atomic E-state index is 5.63. The lowest BCUT2D eigenvalue weighted by molar-refractivity contribution is 0.224. The first-order valence-corrected chi connectivity index (χ1v) is 5.10. The van der Waals surface area contributed by atoms with Crippen LogP contribution in [-0.2, 0) is 6.54 Å². The van der Waals surface area contributed by atoms with Crippen LogP contribution >= 0.6 is 0 Å². The number of anilines is 1. The number of rotatable bonds is 2. The molecule has 0 saturated heterocycles. The Labute approximate surface area is 86.3 Å². The van der Waals surface area contributed by atoms with E-state index in [1.165, 1.54) is 0 Å². The fraction of sp³-hybridized carbons (Fsp3) is 0.727. The predicted octanol–water partition coefficient (Wildman–Crippen LogP) is 2.46. The zero-order valence-electron chi connectivity index (χ0n) is 9.83. The maximum atomic E-state index is 5.63. The second-order valence-corrected chi connectivity index (χ2v) is 5.16. The van der Waals surface area contributed by atoms with Crippen molar-refractivity contribution in [3.8, 4) is 0 Å². The van der Waals surface area contributed by atoms with Gasteiger partial charge in [-0.3, -0.25) is 4.68 Å². The lowest BCUT2D eigenvalue weighted by atomic mass is 9.82. The van der Waals surface area contributed by atoms with Crippen LogP contribution < -0.4 is 5.73 Å². The molecule has 1 atom stereocenters. The van der Waals surface area contributed by atoms with Gasteiger partial charge in [0.2, 0.25) is 0 Å². The van der Waals surface area contributed by atoms with Crippen molar-refractivity contribution in [1.29, 1.82) is 0 Å². The normalized spacial score (nSPS) is 14.4. The molecule has 0 aliphatic rings. The molecule has 0 radical (unpaired) electrons. The van der Waals surface area contributed by atoms with Crippen LogP contribution in [-0.4, -0.2) is 9.78 Å². The molecule has 0 aliphatic heterocycles. The zero-order chi connectivity index (χ0) is 10.9. The second kappa shape index (κ2) is 3.64. The third-order valence-electron chi connectivity index (χ3n) is 2.93. The first-order valence-electron chi connectivity index (χ1n) is 5.10. The zero-order valence-corrected chi connectivity index (χ0v) is 9.83. The van der Waals surface area contributed by atoms with Gasteiger partial charge in [-0.25, -0.2) is 0 Å². The van der Waals surface area contributed by atoms with Gasteiger partial charge in [0.05, 0.1) is 0 Å². The summed E-state index contributed by atoms with van der Waals surface area (Å²) in [6, 6.07) is 1.91. The van der Waals surface area contributed by atoms with E-state index in [9.17, 15) is 0 Å². The van der Waals surface area contributed by atoms with Gasteiger partial charge in [-0.2, -0.15) is 5.10 Å². The molecule has 0 spiro atoms. The molecule has 0 bridgehead atoms. The number of hydrogen-bond donors (Lipinski definition) is 1. The lowest BCUT2D eigenvalue weighted by Gasteiger charge is -2.27. The summed E-state index contributed by atoms with van der Waals surface area (Å²) < 4.78 is 1.99. The van der Waals surface area contributed by atoms with E-state index >= 15 is 0 Å². The van der Waals surface area contributed by atoms with Gasteiger partial charge in [0.15, 0.2) is 0 Å². The van der Waals surface area contributed by atoms with Crippen molar-refractivity contribution in [1.82, 2.24) is 9.78 Å². The van der Waals surface area contributed by atoms with Crippen molar-refractivity contribution < 1.29 is 0 Å². The smallest absolute Gasteiger partial charge is 0.145 e. The largest absolute Gasteiger partial charge is 0.382 e. The fourth-order valence-electron chi connectivity index (χ4n) is 1.25. The van der Waals surface area contributed by atoms with E-state index in [4.69, 9.17) is 5.73 Å². The van der Waals surface area contributed by atoms with E-state index in [1.54, 1.807) is 0 Å². The number of nitrogen functional groups attached to an aromatic ring is 1. The first kappa shape index (κ1) is 11.1. The minimum atomic E-state index is 0.313. The second-order valence-electron chi connectivity index (χ2n) is 5.16. The standard InChI is InChI=1S/C11H21N3/c1-8(11(3,4)5)7-14-9(2)6-10(12)13-14/h6,8H,7H2,1-5H3,(H2,12,13). The Hall–Kier alpha value is -0.990. The highest BCUT2D eigenvalue weighted by Gasteiger charge is 2.21. The summed E-state index contributed by atoms with van der Waals surface area (Å²) in [7, 11) is 0. The van der Waals surface area contributed by atoms with Crippen molar-refractivity contribution in [3.05, 3.63) is 11.8 Å². The molecule has 1 unspecified atom stereocenters. The highest BCUT2D eigenvalue weighted by molar-refractivity contribution is 5.28. The minimum absolute atomic E-state index is 0.313. The van der Waals surface area contributed by atoms with E-state index in [-0.39, 0.29) is 0 Å². The summed E-state index contributed by atoms with van der Waals surface area (Å²) >= 11 is 0. The average molecular weight is 195 g/mol. The van der Waals surface area contributed by atoms with Crippen molar-refractivity contribution >= 4 is 5.82 Å². The summed E-state index contributed by atoms with van der Waals surface area (Å²) in [6.07, 6.45) is 0. The van der Waals surface area contributed by atoms with E-state index in [0.717, 1.165) is 12.2 Å². The number of aromatic nitrogens is 2. The maximum Gasteiger partial charge on any atom is 0.145 e. The van der Waals surface area contributed by atoms with Gasteiger partial charge >= 0.3 is 0 Å². The van der Waals surface area contributed by atoms with Crippen LogP contribution in [0.4, 0.5) is 5.82 Å². The van der Waals surface area contributed by atoms with Crippen LogP contribution in [0.5, 0.6) is 0 Å². The van der Waals surface area contributed by atoms with Crippen LogP contribution in [0.25, 0.3) is 0 Å². The summed E-state index contributed by atoms with van der Waals surface area (Å²) in [5, 5.41) is 4.26. The van der Waals surface area contributed by atoms with Crippen molar-refractivity contribution in [2.75, 3.05) is 5.73 Å².